The Balaban J connectivity index is 2.41. The third-order valence-corrected chi connectivity index (χ3v) is 4.07. The highest BCUT2D eigenvalue weighted by molar-refractivity contribution is 5.93. The van der Waals surface area contributed by atoms with Crippen molar-refractivity contribution < 1.29 is 4.79 Å². The van der Waals surface area contributed by atoms with Crippen molar-refractivity contribution in [2.45, 2.75) is 84.1 Å². The van der Waals surface area contributed by atoms with Gasteiger partial charge in [0, 0.05) is 18.4 Å². The summed E-state index contributed by atoms with van der Waals surface area (Å²) in [6.07, 6.45) is 15.6. The topological polar surface area (TPSA) is 42.0 Å². The lowest BCUT2D eigenvalue weighted by Crippen LogP contribution is -2.34. The molecule has 1 rings (SSSR count). The Kier molecular flexibility index (Phi) is 10.3. The molecule has 0 aliphatic heterocycles. The second-order valence-electron chi connectivity index (χ2n) is 6.11. The Morgan fingerprint density at radius 2 is 1.68 bits per heavy atom. The molecule has 0 saturated carbocycles. The second-order valence-corrected chi connectivity index (χ2v) is 6.11. The van der Waals surface area contributed by atoms with E-state index < -0.39 is 0 Å². The molecule has 1 N–H and O–H groups in total. The van der Waals surface area contributed by atoms with Gasteiger partial charge in [-0.25, -0.2) is 0 Å². The molecule has 0 fully saturated rings. The zero-order valence-electron chi connectivity index (χ0n) is 14.3. The second kappa shape index (κ2) is 12.2. The van der Waals surface area contributed by atoms with Crippen LogP contribution in [0.3, 0.4) is 0 Å². The zero-order chi connectivity index (χ0) is 16.0. The minimum atomic E-state index is 0.0168. The summed E-state index contributed by atoms with van der Waals surface area (Å²) in [4.78, 5) is 16.3. The molecule has 3 heteroatoms. The summed E-state index contributed by atoms with van der Waals surface area (Å²) in [5.74, 6) is 0.0168. The first-order valence-electron chi connectivity index (χ1n) is 8.98. The third-order valence-electron chi connectivity index (χ3n) is 4.07. The number of nitrogens with zero attached hydrogens (tertiary/aromatic N) is 1. The average Bonchev–Trinajstić information content (AvgIpc) is 2.55. The summed E-state index contributed by atoms with van der Waals surface area (Å²) in [7, 11) is 0. The Labute approximate surface area is 135 Å². The Morgan fingerprint density at radius 1 is 1.05 bits per heavy atom. The predicted molar refractivity (Wildman–Crippen MR) is 93.0 cm³/mol. The largest absolute Gasteiger partial charge is 0.349 e. The fraction of sp³-hybridized carbons (Fsp3) is 0.684. The molecule has 0 radical (unpaired) electrons. The van der Waals surface area contributed by atoms with Gasteiger partial charge in [0.05, 0.1) is 5.56 Å². The molecule has 1 unspecified atom stereocenters. The van der Waals surface area contributed by atoms with Crippen LogP contribution >= 0.6 is 0 Å². The highest BCUT2D eigenvalue weighted by Gasteiger charge is 2.13. The van der Waals surface area contributed by atoms with Gasteiger partial charge in [-0.3, -0.25) is 9.78 Å². The van der Waals surface area contributed by atoms with Crippen molar-refractivity contribution >= 4 is 5.91 Å². The van der Waals surface area contributed by atoms with E-state index in [4.69, 9.17) is 0 Å². The van der Waals surface area contributed by atoms with E-state index in [2.05, 4.69) is 24.1 Å². The minimum absolute atomic E-state index is 0.0168. The quantitative estimate of drug-likeness (QED) is 0.544. The fourth-order valence-corrected chi connectivity index (χ4v) is 2.69. The molecule has 0 bridgehead atoms. The summed E-state index contributed by atoms with van der Waals surface area (Å²) in [6.45, 7) is 4.45. The van der Waals surface area contributed by atoms with Crippen LogP contribution in [0, 0.1) is 0 Å². The van der Waals surface area contributed by atoms with Gasteiger partial charge in [0.25, 0.3) is 5.91 Å². The number of unbranched alkanes of at least 4 members (excludes halogenated alkanes) is 6. The van der Waals surface area contributed by atoms with E-state index in [0.29, 0.717) is 11.6 Å². The zero-order valence-corrected chi connectivity index (χ0v) is 14.3. The Hall–Kier alpha value is -1.38. The van der Waals surface area contributed by atoms with Crippen molar-refractivity contribution in [2.75, 3.05) is 0 Å². The van der Waals surface area contributed by atoms with Gasteiger partial charge in [0.2, 0.25) is 0 Å². The molecule has 3 nitrogen and oxygen atoms in total. The van der Waals surface area contributed by atoms with Crippen molar-refractivity contribution in [1.82, 2.24) is 10.3 Å². The summed E-state index contributed by atoms with van der Waals surface area (Å²) in [6, 6.07) is 3.94. The van der Waals surface area contributed by atoms with E-state index in [0.717, 1.165) is 12.8 Å². The molecule has 0 aliphatic rings. The summed E-state index contributed by atoms with van der Waals surface area (Å²) in [5, 5.41) is 3.20. The molecule has 124 valence electrons. The van der Waals surface area contributed by atoms with Gasteiger partial charge in [-0.1, -0.05) is 65.2 Å². The van der Waals surface area contributed by atoms with Crippen LogP contribution in [0.2, 0.25) is 0 Å². The average molecular weight is 304 g/mol. The van der Waals surface area contributed by atoms with Crippen LogP contribution in [-0.4, -0.2) is 16.9 Å². The number of carbonyl (C=O) groups excluding carboxylic acids is 1. The van der Waals surface area contributed by atoms with Crippen molar-refractivity contribution in [3.63, 3.8) is 0 Å². The molecule has 1 atom stereocenters. The summed E-state index contributed by atoms with van der Waals surface area (Å²) >= 11 is 0. The van der Waals surface area contributed by atoms with Crippen molar-refractivity contribution in [3.8, 4) is 0 Å². The summed E-state index contributed by atoms with van der Waals surface area (Å²) in [5.41, 5.74) is 0.661. The first kappa shape index (κ1) is 18.7. The normalized spacial score (nSPS) is 12.1. The maximum Gasteiger partial charge on any atom is 0.253 e. The molecule has 1 heterocycles. The van der Waals surface area contributed by atoms with Crippen LogP contribution in [0.1, 0.15) is 88.4 Å². The van der Waals surface area contributed by atoms with E-state index in [-0.39, 0.29) is 5.91 Å². The molecule has 1 amide bonds. The monoisotopic (exact) mass is 304 g/mol. The Bertz CT molecular complexity index is 392. The number of nitrogens with one attached hydrogen (secondary N) is 1. The van der Waals surface area contributed by atoms with Crippen LogP contribution in [-0.2, 0) is 0 Å². The van der Waals surface area contributed by atoms with Gasteiger partial charge in [-0.05, 0) is 25.0 Å². The molecule has 22 heavy (non-hydrogen) atoms. The number of amides is 1. The first-order chi connectivity index (χ1) is 10.8. The minimum Gasteiger partial charge on any atom is -0.349 e. The number of rotatable bonds is 12. The van der Waals surface area contributed by atoms with Crippen LogP contribution in [0.15, 0.2) is 24.5 Å². The van der Waals surface area contributed by atoms with Crippen molar-refractivity contribution in [1.29, 1.82) is 0 Å². The van der Waals surface area contributed by atoms with Crippen molar-refractivity contribution in [2.24, 2.45) is 0 Å². The molecular formula is C19H32N2O. The van der Waals surface area contributed by atoms with E-state index in [1.165, 1.54) is 51.4 Å². The van der Waals surface area contributed by atoms with Gasteiger partial charge < -0.3 is 5.32 Å². The highest BCUT2D eigenvalue weighted by atomic mass is 16.1. The number of carbonyl (C=O) groups is 1. The van der Waals surface area contributed by atoms with Gasteiger partial charge >= 0.3 is 0 Å². The molecular weight excluding hydrogens is 272 g/mol. The van der Waals surface area contributed by atoms with Gasteiger partial charge in [-0.15, -0.1) is 0 Å². The van der Waals surface area contributed by atoms with Crippen LogP contribution in [0.25, 0.3) is 0 Å². The van der Waals surface area contributed by atoms with Gasteiger partial charge in [-0.2, -0.15) is 0 Å². The molecule has 1 aromatic heterocycles. The maximum atomic E-state index is 12.3. The summed E-state index contributed by atoms with van der Waals surface area (Å²) < 4.78 is 0. The van der Waals surface area contributed by atoms with E-state index in [9.17, 15) is 4.79 Å². The maximum absolute atomic E-state index is 12.3. The van der Waals surface area contributed by atoms with E-state index in [1.807, 2.05) is 12.1 Å². The smallest absolute Gasteiger partial charge is 0.253 e. The Morgan fingerprint density at radius 3 is 2.32 bits per heavy atom. The molecule has 0 spiro atoms. The number of aromatic nitrogens is 1. The molecule has 0 aromatic carbocycles. The lowest BCUT2D eigenvalue weighted by Gasteiger charge is -2.19. The van der Waals surface area contributed by atoms with E-state index in [1.54, 1.807) is 12.4 Å². The predicted octanol–water partition coefficient (Wildman–Crippen LogP) is 5.12. The van der Waals surface area contributed by atoms with Crippen LogP contribution < -0.4 is 5.32 Å². The number of pyridine rings is 1. The standard InChI is InChI=1S/C19H32N2O/c1-3-5-7-8-10-14-18(13-9-6-4-2)21-19(22)17-12-11-15-20-16-17/h11-12,15-16,18H,3-10,13-14H2,1-2H3,(H,21,22). The van der Waals surface area contributed by atoms with Gasteiger partial charge in [0.1, 0.15) is 0 Å². The SMILES string of the molecule is CCCCCCCC(CCCCC)NC(=O)c1cccnc1. The third kappa shape index (κ3) is 8.16. The van der Waals surface area contributed by atoms with Gasteiger partial charge in [0.15, 0.2) is 0 Å². The highest BCUT2D eigenvalue weighted by Crippen LogP contribution is 2.13. The van der Waals surface area contributed by atoms with Crippen LogP contribution in [0.4, 0.5) is 0 Å². The number of hydrogen-bond acceptors (Lipinski definition) is 2. The van der Waals surface area contributed by atoms with Crippen LogP contribution in [0.5, 0.6) is 0 Å². The molecule has 0 saturated heterocycles. The fourth-order valence-electron chi connectivity index (χ4n) is 2.69. The lowest BCUT2D eigenvalue weighted by molar-refractivity contribution is 0.0931. The molecule has 0 aliphatic carbocycles. The van der Waals surface area contributed by atoms with E-state index >= 15 is 0 Å². The lowest BCUT2D eigenvalue weighted by atomic mass is 10.0. The van der Waals surface area contributed by atoms with Crippen molar-refractivity contribution in [3.05, 3.63) is 30.1 Å². The number of hydrogen-bond donors (Lipinski definition) is 1. The molecule has 1 aromatic rings. The first-order valence-corrected chi connectivity index (χ1v) is 8.98.